The maximum absolute atomic E-state index is 5.20. The van der Waals surface area contributed by atoms with Gasteiger partial charge in [-0.15, -0.1) is 0 Å². The van der Waals surface area contributed by atoms with E-state index >= 15 is 0 Å². The molecule has 1 saturated carbocycles. The van der Waals surface area contributed by atoms with Crippen LogP contribution in [-0.2, 0) is 0 Å². The van der Waals surface area contributed by atoms with Crippen molar-refractivity contribution in [2.75, 3.05) is 5.32 Å². The molecule has 0 saturated heterocycles. The Hall–Kier alpha value is -1.42. The number of para-hydroxylation sites is 1. The number of anilines is 1. The number of nitrogens with one attached hydrogen (secondary N) is 2. The smallest absolute Gasteiger partial charge is 0.191 e. The molecule has 0 amide bonds. The molecule has 0 bridgehead atoms. The topological polar surface area (TPSA) is 36.4 Å². The second-order valence-electron chi connectivity index (χ2n) is 4.81. The number of thiocarbonyl (C=S) groups is 1. The van der Waals surface area contributed by atoms with Gasteiger partial charge in [0.25, 0.3) is 0 Å². The molecule has 1 atom stereocenters. The van der Waals surface area contributed by atoms with Crippen LogP contribution in [0.1, 0.15) is 32.6 Å². The molecular weight excluding hydrogens is 242 g/mol. The van der Waals surface area contributed by atoms with Gasteiger partial charge in [0.2, 0.25) is 0 Å². The van der Waals surface area contributed by atoms with Crippen molar-refractivity contribution < 1.29 is 0 Å². The summed E-state index contributed by atoms with van der Waals surface area (Å²) in [4.78, 5) is 0. The largest absolute Gasteiger partial charge is 0.331 e. The molecule has 0 spiro atoms. The van der Waals surface area contributed by atoms with E-state index < -0.39 is 0 Å². The van der Waals surface area contributed by atoms with Gasteiger partial charge in [0.05, 0.1) is 0 Å². The van der Waals surface area contributed by atoms with Crippen molar-refractivity contribution in [2.45, 2.75) is 32.6 Å². The van der Waals surface area contributed by atoms with Crippen molar-refractivity contribution in [3.63, 3.8) is 0 Å². The molecule has 0 aromatic heterocycles. The Balaban J connectivity index is 1.83. The van der Waals surface area contributed by atoms with Crippen LogP contribution in [0.15, 0.2) is 35.4 Å². The summed E-state index contributed by atoms with van der Waals surface area (Å²) < 4.78 is 0. The molecule has 18 heavy (non-hydrogen) atoms. The Morgan fingerprint density at radius 3 is 2.83 bits per heavy atom. The molecule has 1 unspecified atom stereocenters. The first-order valence-corrected chi connectivity index (χ1v) is 6.82. The van der Waals surface area contributed by atoms with E-state index in [-0.39, 0.29) is 0 Å². The zero-order valence-electron chi connectivity index (χ0n) is 10.6. The average molecular weight is 261 g/mol. The fraction of sp³-hybridized carbons (Fsp3) is 0.429. The summed E-state index contributed by atoms with van der Waals surface area (Å²) in [5, 5.41) is 8.05. The zero-order valence-corrected chi connectivity index (χ0v) is 11.5. The molecule has 3 nitrogen and oxygen atoms in total. The Morgan fingerprint density at radius 1 is 1.33 bits per heavy atom. The fourth-order valence-electron chi connectivity index (χ4n) is 2.17. The quantitative estimate of drug-likeness (QED) is 0.631. The van der Waals surface area contributed by atoms with Crippen LogP contribution >= 0.6 is 12.2 Å². The van der Waals surface area contributed by atoms with Gasteiger partial charge in [-0.25, -0.2) is 0 Å². The van der Waals surface area contributed by atoms with Crippen LogP contribution in [0.25, 0.3) is 0 Å². The highest BCUT2D eigenvalue weighted by molar-refractivity contribution is 7.80. The molecule has 2 rings (SSSR count). The van der Waals surface area contributed by atoms with E-state index in [2.05, 4.69) is 22.8 Å². The van der Waals surface area contributed by atoms with Crippen LogP contribution in [0.5, 0.6) is 0 Å². The van der Waals surface area contributed by atoms with Gasteiger partial charge in [-0.2, -0.15) is 5.10 Å². The van der Waals surface area contributed by atoms with E-state index in [0.717, 1.165) is 24.4 Å². The third-order valence-corrected chi connectivity index (χ3v) is 3.29. The lowest BCUT2D eigenvalue weighted by Crippen LogP contribution is -2.26. The summed E-state index contributed by atoms with van der Waals surface area (Å²) >= 11 is 5.20. The molecule has 1 fully saturated rings. The van der Waals surface area contributed by atoms with Crippen molar-refractivity contribution >= 4 is 28.7 Å². The number of hydrogen-bond donors (Lipinski definition) is 2. The maximum Gasteiger partial charge on any atom is 0.191 e. The summed E-state index contributed by atoms with van der Waals surface area (Å²) in [7, 11) is 0. The van der Waals surface area contributed by atoms with Gasteiger partial charge in [-0.1, -0.05) is 25.1 Å². The van der Waals surface area contributed by atoms with Gasteiger partial charge >= 0.3 is 0 Å². The van der Waals surface area contributed by atoms with E-state index in [1.165, 1.54) is 18.6 Å². The summed E-state index contributed by atoms with van der Waals surface area (Å²) in [5.74, 6) is 0.745. The lowest BCUT2D eigenvalue weighted by atomic mass is 9.89. The van der Waals surface area contributed by atoms with Crippen LogP contribution in [0.2, 0.25) is 0 Å². The lowest BCUT2D eigenvalue weighted by Gasteiger charge is -2.19. The second-order valence-corrected chi connectivity index (χ2v) is 5.22. The Kier molecular flexibility index (Phi) is 4.70. The van der Waals surface area contributed by atoms with Crippen LogP contribution in [0.3, 0.4) is 0 Å². The number of benzene rings is 1. The van der Waals surface area contributed by atoms with Crippen LogP contribution in [-0.4, -0.2) is 10.8 Å². The minimum absolute atomic E-state index is 0.548. The number of rotatable bonds is 2. The van der Waals surface area contributed by atoms with Crippen molar-refractivity contribution in [1.82, 2.24) is 5.43 Å². The molecule has 0 aliphatic heterocycles. The molecule has 96 valence electrons. The van der Waals surface area contributed by atoms with Gasteiger partial charge < -0.3 is 5.32 Å². The van der Waals surface area contributed by atoms with Crippen LogP contribution in [0, 0.1) is 5.92 Å². The van der Waals surface area contributed by atoms with Crippen molar-refractivity contribution in [3.8, 4) is 0 Å². The molecule has 4 heteroatoms. The third kappa shape index (κ3) is 4.11. The first-order valence-electron chi connectivity index (χ1n) is 6.41. The zero-order chi connectivity index (χ0) is 12.8. The standard InChI is InChI=1S/C14H19N3S/c1-11-6-5-9-13(10-11)16-17-14(18)15-12-7-3-2-4-8-12/h2-4,7-8,11H,5-6,9-10H2,1H3,(H2,15,17,18)/b16-13+. The lowest BCUT2D eigenvalue weighted by molar-refractivity contribution is 0.498. The predicted molar refractivity (Wildman–Crippen MR) is 80.9 cm³/mol. The fourth-order valence-corrected chi connectivity index (χ4v) is 2.34. The van der Waals surface area contributed by atoms with Crippen molar-refractivity contribution in [2.24, 2.45) is 11.0 Å². The Morgan fingerprint density at radius 2 is 2.11 bits per heavy atom. The average Bonchev–Trinajstić information content (AvgIpc) is 2.38. The number of hydrogen-bond acceptors (Lipinski definition) is 2. The van der Waals surface area contributed by atoms with Crippen molar-refractivity contribution in [1.29, 1.82) is 0 Å². The third-order valence-electron chi connectivity index (χ3n) is 3.09. The second kappa shape index (κ2) is 6.50. The highest BCUT2D eigenvalue weighted by atomic mass is 32.1. The Labute approximate surface area is 114 Å². The summed E-state index contributed by atoms with van der Waals surface area (Å²) in [5.41, 5.74) is 5.14. The first kappa shape index (κ1) is 13.0. The van der Waals surface area contributed by atoms with Gasteiger partial charge in [0, 0.05) is 11.4 Å². The SMILES string of the molecule is CC1CCC/C(=N\NC(=S)Nc2ccccc2)C1. The molecule has 1 aromatic carbocycles. The van der Waals surface area contributed by atoms with E-state index in [4.69, 9.17) is 12.2 Å². The molecule has 0 heterocycles. The summed E-state index contributed by atoms with van der Waals surface area (Å²) in [6.45, 7) is 2.27. The van der Waals surface area contributed by atoms with Gasteiger partial charge in [0.1, 0.15) is 0 Å². The number of hydrazone groups is 1. The number of nitrogens with zero attached hydrogens (tertiary/aromatic N) is 1. The van der Waals surface area contributed by atoms with E-state index in [0.29, 0.717) is 5.11 Å². The normalized spacial score (nSPS) is 21.6. The highest BCUT2D eigenvalue weighted by Gasteiger charge is 2.13. The highest BCUT2D eigenvalue weighted by Crippen LogP contribution is 2.20. The molecule has 2 N–H and O–H groups in total. The van der Waals surface area contributed by atoms with E-state index in [1.54, 1.807) is 0 Å². The minimum Gasteiger partial charge on any atom is -0.331 e. The molecule has 0 radical (unpaired) electrons. The Bertz CT molecular complexity index is 428. The van der Waals surface area contributed by atoms with Gasteiger partial charge in [-0.05, 0) is 56.0 Å². The summed E-state index contributed by atoms with van der Waals surface area (Å²) in [6, 6.07) is 9.87. The monoisotopic (exact) mass is 261 g/mol. The molecule has 1 aliphatic carbocycles. The van der Waals surface area contributed by atoms with E-state index in [9.17, 15) is 0 Å². The van der Waals surface area contributed by atoms with Crippen LogP contribution in [0.4, 0.5) is 5.69 Å². The van der Waals surface area contributed by atoms with E-state index in [1.807, 2.05) is 30.3 Å². The van der Waals surface area contributed by atoms with Crippen molar-refractivity contribution in [3.05, 3.63) is 30.3 Å². The molecule has 1 aromatic rings. The molecule has 1 aliphatic rings. The van der Waals surface area contributed by atoms with Gasteiger partial charge in [-0.3, -0.25) is 5.43 Å². The van der Waals surface area contributed by atoms with Gasteiger partial charge in [0.15, 0.2) is 5.11 Å². The maximum atomic E-state index is 5.20. The summed E-state index contributed by atoms with van der Waals surface area (Å²) in [6.07, 6.45) is 4.72. The molecular formula is C14H19N3S. The predicted octanol–water partition coefficient (Wildman–Crippen LogP) is 3.54. The van der Waals surface area contributed by atoms with Crippen LogP contribution < -0.4 is 10.7 Å². The minimum atomic E-state index is 0.548. The first-order chi connectivity index (χ1) is 8.74.